The second-order valence-electron chi connectivity index (χ2n) is 10.9. The number of nitrogens with zero attached hydrogens (tertiary/aromatic N) is 4. The number of Topliss-reactive ketones (excluding diaryl/α,β-unsaturated/α-hetero) is 1. The van der Waals surface area contributed by atoms with Crippen LogP contribution < -0.4 is 4.90 Å². The zero-order chi connectivity index (χ0) is 30.2. The third-order valence-corrected chi connectivity index (χ3v) is 9.93. The van der Waals surface area contributed by atoms with E-state index >= 15 is 0 Å². The van der Waals surface area contributed by atoms with Crippen molar-refractivity contribution in [3.8, 4) is 0 Å². The molecule has 2 saturated heterocycles. The topological polar surface area (TPSA) is 128 Å². The van der Waals surface area contributed by atoms with Crippen molar-refractivity contribution >= 4 is 39.1 Å². The van der Waals surface area contributed by atoms with Gasteiger partial charge in [-0.15, -0.1) is 0 Å². The Kier molecular flexibility index (Phi) is 8.26. The van der Waals surface area contributed by atoms with Crippen LogP contribution in [0.5, 0.6) is 0 Å². The smallest absolute Gasteiger partial charge is 0.296 e. The number of rotatable bonds is 9. The van der Waals surface area contributed by atoms with Crippen molar-refractivity contribution in [1.29, 1.82) is 0 Å². The number of hydrogen-bond acceptors (Lipinski definition) is 8. The van der Waals surface area contributed by atoms with Gasteiger partial charge in [-0.3, -0.25) is 14.4 Å². The van der Waals surface area contributed by atoms with Crippen LogP contribution in [0.4, 0.5) is 5.69 Å². The van der Waals surface area contributed by atoms with E-state index in [1.54, 1.807) is 29.2 Å². The van der Waals surface area contributed by atoms with E-state index in [1.807, 2.05) is 25.9 Å². The summed E-state index contributed by atoms with van der Waals surface area (Å²) in [6.07, 6.45) is 1.52. The summed E-state index contributed by atoms with van der Waals surface area (Å²) in [5.74, 6) is -2.97. The Balaban J connectivity index is 1.72. The highest BCUT2D eigenvalue weighted by Crippen LogP contribution is 2.53. The lowest BCUT2D eigenvalue weighted by Gasteiger charge is -2.35. The summed E-state index contributed by atoms with van der Waals surface area (Å²) >= 11 is 0. The Labute approximate surface area is 246 Å². The molecular formula is C30H36N4O7S. The number of ether oxygens (including phenoxy) is 1. The molecule has 0 aromatic heterocycles. The van der Waals surface area contributed by atoms with Gasteiger partial charge in [0.25, 0.3) is 17.6 Å². The van der Waals surface area contributed by atoms with Crippen molar-refractivity contribution in [2.45, 2.75) is 30.2 Å². The largest absolute Gasteiger partial charge is 0.507 e. The number of para-hydroxylation sites is 1. The number of ketones is 1. The van der Waals surface area contributed by atoms with Crippen LogP contribution in [-0.2, 0) is 34.7 Å². The molecule has 3 aliphatic rings. The molecule has 224 valence electrons. The van der Waals surface area contributed by atoms with Crippen LogP contribution in [0.15, 0.2) is 59.0 Å². The molecule has 0 saturated carbocycles. The minimum absolute atomic E-state index is 0.0200. The fourth-order valence-corrected chi connectivity index (χ4v) is 7.34. The molecule has 2 aromatic rings. The number of aliphatic hydroxyl groups is 1. The van der Waals surface area contributed by atoms with E-state index in [2.05, 4.69) is 0 Å². The van der Waals surface area contributed by atoms with E-state index in [9.17, 15) is 27.9 Å². The predicted molar refractivity (Wildman–Crippen MR) is 156 cm³/mol. The van der Waals surface area contributed by atoms with Gasteiger partial charge in [0, 0.05) is 43.9 Å². The molecule has 2 amide bonds. The highest BCUT2D eigenvalue weighted by molar-refractivity contribution is 7.89. The predicted octanol–water partition coefficient (Wildman–Crippen LogP) is 1.99. The number of likely N-dealkylation sites (N-methyl/N-ethyl adjacent to an activating group) is 1. The zero-order valence-electron chi connectivity index (χ0n) is 24.1. The van der Waals surface area contributed by atoms with Crippen molar-refractivity contribution < 1.29 is 32.6 Å². The van der Waals surface area contributed by atoms with Gasteiger partial charge in [-0.2, -0.15) is 4.31 Å². The molecule has 0 radical (unpaired) electrons. The Bertz CT molecular complexity index is 1550. The molecule has 12 heteroatoms. The number of likely N-dealkylation sites (tertiary alicyclic amines) is 1. The number of aliphatic hydroxyl groups excluding tert-OH is 1. The summed E-state index contributed by atoms with van der Waals surface area (Å²) in [5.41, 5.74) is -1.22. The van der Waals surface area contributed by atoms with Gasteiger partial charge < -0.3 is 24.5 Å². The van der Waals surface area contributed by atoms with Crippen molar-refractivity contribution in [2.24, 2.45) is 0 Å². The first-order chi connectivity index (χ1) is 20.1. The summed E-state index contributed by atoms with van der Waals surface area (Å²) < 4.78 is 33.4. The number of morpholine rings is 1. The molecule has 1 atom stereocenters. The second kappa shape index (κ2) is 11.6. The van der Waals surface area contributed by atoms with Gasteiger partial charge in [0.05, 0.1) is 29.4 Å². The van der Waals surface area contributed by atoms with Gasteiger partial charge in [-0.05, 0) is 38.7 Å². The van der Waals surface area contributed by atoms with E-state index in [1.165, 1.54) is 33.5 Å². The van der Waals surface area contributed by atoms with Gasteiger partial charge in [-0.1, -0.05) is 43.7 Å². The molecule has 1 unspecified atom stereocenters. The second-order valence-corrected chi connectivity index (χ2v) is 12.8. The maximum atomic E-state index is 14.5. The minimum Gasteiger partial charge on any atom is -0.507 e. The number of unbranched alkanes of at least 4 members (excludes halogenated alkanes) is 1. The summed E-state index contributed by atoms with van der Waals surface area (Å²) in [6, 6.07) is 12.6. The molecule has 1 N–H and O–H groups in total. The van der Waals surface area contributed by atoms with Crippen LogP contribution in [0.1, 0.15) is 30.9 Å². The standard InChI is InChI=1S/C30H36N4O7S/c1-4-5-13-33-24-12-7-6-11-23(24)30(29(33)38)25(27(36)28(37)34(30)15-14-31(2)3)26(35)21-9-8-10-22(20-21)42(39,40)32-16-18-41-19-17-32/h6-12,20,35H,4-5,13-19H2,1-3H3/b26-25+. The van der Waals surface area contributed by atoms with Crippen molar-refractivity contribution in [3.05, 3.63) is 65.2 Å². The van der Waals surface area contributed by atoms with Crippen LogP contribution in [-0.4, -0.2) is 105 Å². The van der Waals surface area contributed by atoms with Crippen LogP contribution in [0.3, 0.4) is 0 Å². The lowest BCUT2D eigenvalue weighted by Crippen LogP contribution is -2.53. The van der Waals surface area contributed by atoms with Gasteiger partial charge >= 0.3 is 0 Å². The molecule has 3 heterocycles. The number of benzene rings is 2. The number of sulfonamides is 1. The number of carbonyl (C=O) groups is 3. The Morgan fingerprint density at radius 2 is 1.74 bits per heavy atom. The average Bonchev–Trinajstić information content (AvgIpc) is 3.37. The third-order valence-electron chi connectivity index (χ3n) is 8.03. The van der Waals surface area contributed by atoms with Crippen LogP contribution in [0, 0.1) is 0 Å². The summed E-state index contributed by atoms with van der Waals surface area (Å²) in [5, 5.41) is 11.8. The number of fused-ring (bicyclic) bond motifs is 2. The molecule has 3 aliphatic heterocycles. The number of anilines is 1. The van der Waals surface area contributed by atoms with E-state index in [0.29, 0.717) is 30.8 Å². The van der Waals surface area contributed by atoms with Gasteiger partial charge in [0.1, 0.15) is 5.76 Å². The molecular weight excluding hydrogens is 560 g/mol. The fourth-order valence-electron chi connectivity index (χ4n) is 5.89. The van der Waals surface area contributed by atoms with Crippen LogP contribution in [0.2, 0.25) is 0 Å². The number of amides is 2. The van der Waals surface area contributed by atoms with Crippen molar-refractivity contribution in [2.75, 3.05) is 64.9 Å². The fraction of sp³-hybridized carbons (Fsp3) is 0.433. The first-order valence-corrected chi connectivity index (χ1v) is 15.5. The monoisotopic (exact) mass is 596 g/mol. The van der Waals surface area contributed by atoms with E-state index < -0.39 is 38.9 Å². The van der Waals surface area contributed by atoms with E-state index in [0.717, 1.165) is 6.42 Å². The van der Waals surface area contributed by atoms with Gasteiger partial charge in [0.2, 0.25) is 10.0 Å². The zero-order valence-corrected chi connectivity index (χ0v) is 24.9. The molecule has 42 heavy (non-hydrogen) atoms. The molecule has 0 bridgehead atoms. The Morgan fingerprint density at radius 3 is 2.43 bits per heavy atom. The molecule has 0 aliphatic carbocycles. The van der Waals surface area contributed by atoms with Gasteiger partial charge in [-0.25, -0.2) is 8.42 Å². The molecule has 1 spiro atoms. The van der Waals surface area contributed by atoms with Crippen LogP contribution in [0.25, 0.3) is 5.76 Å². The quantitative estimate of drug-likeness (QED) is 0.265. The Hall–Kier alpha value is -3.58. The highest BCUT2D eigenvalue weighted by Gasteiger charge is 2.67. The van der Waals surface area contributed by atoms with Crippen LogP contribution >= 0.6 is 0 Å². The molecule has 11 nitrogen and oxygen atoms in total. The molecule has 2 fully saturated rings. The first-order valence-electron chi connectivity index (χ1n) is 14.1. The Morgan fingerprint density at radius 1 is 1.02 bits per heavy atom. The molecule has 5 rings (SSSR count). The lowest BCUT2D eigenvalue weighted by atomic mass is 9.82. The van der Waals surface area contributed by atoms with Crippen molar-refractivity contribution in [3.63, 3.8) is 0 Å². The third kappa shape index (κ3) is 4.72. The number of hydrogen-bond donors (Lipinski definition) is 1. The summed E-state index contributed by atoms with van der Waals surface area (Å²) in [4.78, 5) is 46.6. The highest BCUT2D eigenvalue weighted by atomic mass is 32.2. The maximum absolute atomic E-state index is 14.5. The van der Waals surface area contributed by atoms with Gasteiger partial charge in [0.15, 0.2) is 5.54 Å². The average molecular weight is 597 g/mol. The first kappa shape index (κ1) is 29.9. The SMILES string of the molecule is CCCCN1C(=O)C2(/C(=C(/O)c3cccc(S(=O)(=O)N4CCOCC4)c3)C(=O)C(=O)N2CCN(C)C)c2ccccc21. The minimum atomic E-state index is -3.92. The maximum Gasteiger partial charge on any atom is 0.296 e. The van der Waals surface area contributed by atoms with E-state index in [4.69, 9.17) is 4.74 Å². The van der Waals surface area contributed by atoms with Crippen molar-refractivity contribution in [1.82, 2.24) is 14.1 Å². The summed E-state index contributed by atoms with van der Waals surface area (Å²) in [7, 11) is -0.282. The number of carbonyl (C=O) groups excluding carboxylic acids is 3. The summed E-state index contributed by atoms with van der Waals surface area (Å²) in [6.45, 7) is 3.72. The normalized spacial score (nSPS) is 22.5. The molecule has 2 aromatic carbocycles. The van der Waals surface area contributed by atoms with E-state index in [-0.39, 0.29) is 48.9 Å². The lowest BCUT2D eigenvalue weighted by molar-refractivity contribution is -0.143.